The Bertz CT molecular complexity index is 834. The van der Waals surface area contributed by atoms with Crippen molar-refractivity contribution in [2.45, 2.75) is 25.7 Å². The van der Waals surface area contributed by atoms with Crippen LogP contribution in [0.15, 0.2) is 45.6 Å². The summed E-state index contributed by atoms with van der Waals surface area (Å²) < 4.78 is 11.0. The Morgan fingerprint density at radius 3 is 2.52 bits per heavy atom. The third-order valence-electron chi connectivity index (χ3n) is 4.07. The maximum atomic E-state index is 5.96. The summed E-state index contributed by atoms with van der Waals surface area (Å²) in [5.74, 6) is 1.82. The quantitative estimate of drug-likeness (QED) is 0.719. The van der Waals surface area contributed by atoms with Gasteiger partial charge in [0.2, 0.25) is 5.95 Å². The van der Waals surface area contributed by atoms with Crippen LogP contribution >= 0.6 is 0 Å². The van der Waals surface area contributed by atoms with Gasteiger partial charge < -0.3 is 14.6 Å². The number of nitrogens with two attached hydrogens (primary N) is 1. The first-order valence-corrected chi connectivity index (χ1v) is 7.76. The standard InChI is InChI=1S/C18H17N3O2/c19-18-20-16-12(11-13-6-3-9-22-13)5-1-2-7-14(16)17(21-18)15-8-4-10-23-15/h3-4,6,8-11H,1-2,5,7H2,(H2,19,20,21)/b12-11+. The molecule has 1 aliphatic carbocycles. The normalized spacial score (nSPS) is 16.3. The molecule has 1 aliphatic rings. The third kappa shape index (κ3) is 2.65. The SMILES string of the molecule is Nc1nc2c(c(-c3ccco3)n1)CCCC/C2=C\c1ccco1. The van der Waals surface area contributed by atoms with Crippen LogP contribution in [0.2, 0.25) is 0 Å². The van der Waals surface area contributed by atoms with Crippen LogP contribution in [-0.4, -0.2) is 9.97 Å². The molecule has 0 unspecified atom stereocenters. The number of aromatic nitrogens is 2. The molecule has 5 heteroatoms. The summed E-state index contributed by atoms with van der Waals surface area (Å²) in [4.78, 5) is 8.95. The van der Waals surface area contributed by atoms with Gasteiger partial charge >= 0.3 is 0 Å². The Morgan fingerprint density at radius 2 is 1.74 bits per heavy atom. The van der Waals surface area contributed by atoms with Gasteiger partial charge in [0.1, 0.15) is 11.5 Å². The fourth-order valence-corrected chi connectivity index (χ4v) is 3.04. The Balaban J connectivity index is 1.90. The summed E-state index contributed by atoms with van der Waals surface area (Å²) in [6.07, 6.45) is 9.41. The van der Waals surface area contributed by atoms with E-state index in [1.165, 1.54) is 0 Å². The lowest BCUT2D eigenvalue weighted by Gasteiger charge is -2.12. The van der Waals surface area contributed by atoms with Gasteiger partial charge in [0.15, 0.2) is 5.76 Å². The highest BCUT2D eigenvalue weighted by molar-refractivity contribution is 5.82. The topological polar surface area (TPSA) is 78.1 Å². The number of allylic oxidation sites excluding steroid dienone is 1. The monoisotopic (exact) mass is 307 g/mol. The molecular weight excluding hydrogens is 290 g/mol. The van der Waals surface area contributed by atoms with Crippen LogP contribution in [-0.2, 0) is 6.42 Å². The highest BCUT2D eigenvalue weighted by Gasteiger charge is 2.21. The first kappa shape index (κ1) is 13.8. The van der Waals surface area contributed by atoms with Crippen LogP contribution in [0.25, 0.3) is 23.1 Å². The van der Waals surface area contributed by atoms with Gasteiger partial charge in [-0.2, -0.15) is 0 Å². The van der Waals surface area contributed by atoms with E-state index >= 15 is 0 Å². The second-order valence-electron chi connectivity index (χ2n) is 5.63. The van der Waals surface area contributed by atoms with Crippen LogP contribution in [0.3, 0.4) is 0 Å². The molecule has 116 valence electrons. The Kier molecular flexibility index (Phi) is 3.46. The molecule has 0 aliphatic heterocycles. The first-order valence-electron chi connectivity index (χ1n) is 7.76. The van der Waals surface area contributed by atoms with Gasteiger partial charge in [-0.15, -0.1) is 0 Å². The van der Waals surface area contributed by atoms with E-state index < -0.39 is 0 Å². The molecule has 23 heavy (non-hydrogen) atoms. The summed E-state index contributed by atoms with van der Waals surface area (Å²) in [5, 5.41) is 0. The summed E-state index contributed by atoms with van der Waals surface area (Å²) in [7, 11) is 0. The molecule has 3 aromatic rings. The van der Waals surface area contributed by atoms with E-state index in [4.69, 9.17) is 14.6 Å². The zero-order chi connectivity index (χ0) is 15.6. The molecule has 4 rings (SSSR count). The predicted octanol–water partition coefficient (Wildman–Crippen LogP) is 4.18. The molecule has 0 radical (unpaired) electrons. The number of furan rings is 2. The van der Waals surface area contributed by atoms with E-state index in [1.807, 2.05) is 30.3 Å². The minimum atomic E-state index is 0.266. The van der Waals surface area contributed by atoms with Crippen LogP contribution in [0, 0.1) is 0 Å². The van der Waals surface area contributed by atoms with Crippen LogP contribution in [0.4, 0.5) is 5.95 Å². The van der Waals surface area contributed by atoms with Crippen molar-refractivity contribution in [3.63, 3.8) is 0 Å². The number of hydrogen-bond donors (Lipinski definition) is 1. The van der Waals surface area contributed by atoms with Gasteiger partial charge in [-0.05, 0) is 61.6 Å². The highest BCUT2D eigenvalue weighted by Crippen LogP contribution is 2.35. The molecule has 0 saturated heterocycles. The van der Waals surface area contributed by atoms with Crippen molar-refractivity contribution >= 4 is 17.6 Å². The minimum Gasteiger partial charge on any atom is -0.465 e. The Labute approximate surface area is 133 Å². The molecule has 0 bridgehead atoms. The molecule has 5 nitrogen and oxygen atoms in total. The van der Waals surface area contributed by atoms with E-state index in [-0.39, 0.29) is 5.95 Å². The third-order valence-corrected chi connectivity index (χ3v) is 4.07. The van der Waals surface area contributed by atoms with Gasteiger partial charge in [0, 0.05) is 5.56 Å². The first-order chi connectivity index (χ1) is 11.3. The van der Waals surface area contributed by atoms with Crippen LogP contribution < -0.4 is 5.73 Å². The molecule has 0 atom stereocenters. The molecular formula is C18H17N3O2. The second kappa shape index (κ2) is 5.76. The molecule has 0 spiro atoms. The summed E-state index contributed by atoms with van der Waals surface area (Å²) in [6, 6.07) is 7.58. The predicted molar refractivity (Wildman–Crippen MR) is 88.3 cm³/mol. The fraction of sp³-hybridized carbons (Fsp3) is 0.222. The smallest absolute Gasteiger partial charge is 0.221 e. The summed E-state index contributed by atoms with van der Waals surface area (Å²) in [6.45, 7) is 0. The lowest BCUT2D eigenvalue weighted by atomic mass is 10.0. The van der Waals surface area contributed by atoms with Gasteiger partial charge in [0.05, 0.1) is 18.2 Å². The number of hydrogen-bond acceptors (Lipinski definition) is 5. The maximum absolute atomic E-state index is 5.96. The van der Waals surface area contributed by atoms with E-state index in [1.54, 1.807) is 12.5 Å². The van der Waals surface area contributed by atoms with Crippen molar-refractivity contribution in [1.82, 2.24) is 9.97 Å². The Hall–Kier alpha value is -2.82. The van der Waals surface area contributed by atoms with Crippen molar-refractivity contribution in [1.29, 1.82) is 0 Å². The zero-order valence-electron chi connectivity index (χ0n) is 12.7. The van der Waals surface area contributed by atoms with E-state index in [2.05, 4.69) is 9.97 Å². The van der Waals surface area contributed by atoms with Crippen LogP contribution in [0.1, 0.15) is 36.3 Å². The lowest BCUT2D eigenvalue weighted by Crippen LogP contribution is -2.05. The molecule has 0 saturated carbocycles. The number of anilines is 1. The number of nitrogens with zero attached hydrogens (tertiary/aromatic N) is 2. The zero-order valence-corrected chi connectivity index (χ0v) is 12.7. The van der Waals surface area contributed by atoms with E-state index in [9.17, 15) is 0 Å². The van der Waals surface area contributed by atoms with Crippen molar-refractivity contribution in [3.05, 3.63) is 53.8 Å². The summed E-state index contributed by atoms with van der Waals surface area (Å²) >= 11 is 0. The van der Waals surface area contributed by atoms with Crippen molar-refractivity contribution in [2.24, 2.45) is 0 Å². The average molecular weight is 307 g/mol. The molecule has 3 heterocycles. The van der Waals surface area contributed by atoms with Crippen molar-refractivity contribution in [3.8, 4) is 11.5 Å². The number of nitrogen functional groups attached to an aromatic ring is 1. The van der Waals surface area contributed by atoms with E-state index in [0.29, 0.717) is 0 Å². The fourth-order valence-electron chi connectivity index (χ4n) is 3.04. The largest absolute Gasteiger partial charge is 0.465 e. The second-order valence-corrected chi connectivity index (χ2v) is 5.63. The molecule has 0 amide bonds. The molecule has 0 fully saturated rings. The van der Waals surface area contributed by atoms with Gasteiger partial charge in [-0.1, -0.05) is 0 Å². The molecule has 2 N–H and O–H groups in total. The maximum Gasteiger partial charge on any atom is 0.221 e. The van der Waals surface area contributed by atoms with Gasteiger partial charge in [0.25, 0.3) is 0 Å². The van der Waals surface area contributed by atoms with Crippen LogP contribution in [0.5, 0.6) is 0 Å². The Morgan fingerprint density at radius 1 is 0.957 bits per heavy atom. The number of fused-ring (bicyclic) bond motifs is 1. The number of rotatable bonds is 2. The van der Waals surface area contributed by atoms with Gasteiger partial charge in [-0.25, -0.2) is 9.97 Å². The lowest BCUT2D eigenvalue weighted by molar-refractivity contribution is 0.557. The van der Waals surface area contributed by atoms with Crippen molar-refractivity contribution < 1.29 is 8.83 Å². The minimum absolute atomic E-state index is 0.266. The summed E-state index contributed by atoms with van der Waals surface area (Å²) in [5.41, 5.74) is 9.91. The van der Waals surface area contributed by atoms with Crippen molar-refractivity contribution in [2.75, 3.05) is 5.73 Å². The highest BCUT2D eigenvalue weighted by atomic mass is 16.3. The molecule has 3 aromatic heterocycles. The van der Waals surface area contributed by atoms with E-state index in [0.717, 1.165) is 59.7 Å². The van der Waals surface area contributed by atoms with Gasteiger partial charge in [-0.3, -0.25) is 0 Å². The molecule has 0 aromatic carbocycles. The average Bonchev–Trinajstić information content (AvgIpc) is 3.21.